The Balaban J connectivity index is 2.32. The molecule has 1 aromatic heterocycles. The molecule has 0 aliphatic carbocycles. The third-order valence-electron chi connectivity index (χ3n) is 3.84. The highest BCUT2D eigenvalue weighted by Gasteiger charge is 2.21. The van der Waals surface area contributed by atoms with Crippen molar-refractivity contribution in [3.63, 3.8) is 0 Å². The van der Waals surface area contributed by atoms with E-state index in [1.54, 1.807) is 16.7 Å². The lowest BCUT2D eigenvalue weighted by molar-refractivity contribution is 1.04. The SMILES string of the molecule is [C-]#[N+]c1cccc(-c2nnc([N+]#[C-])n2-c2c(C)cc(C)cc2C)c1. The molecular weight excluding hydrogens is 298 g/mol. The number of aromatic nitrogens is 3. The van der Waals surface area contributed by atoms with E-state index >= 15 is 0 Å². The monoisotopic (exact) mass is 313 g/mol. The van der Waals surface area contributed by atoms with Gasteiger partial charge in [-0.15, -0.1) is 6.57 Å². The molecule has 3 rings (SSSR count). The molecule has 0 radical (unpaired) electrons. The Bertz CT molecular complexity index is 992. The third kappa shape index (κ3) is 2.53. The van der Waals surface area contributed by atoms with Crippen LogP contribution in [0.3, 0.4) is 0 Å². The van der Waals surface area contributed by atoms with Crippen LogP contribution in [0.15, 0.2) is 36.4 Å². The summed E-state index contributed by atoms with van der Waals surface area (Å²) in [4.78, 5) is 6.98. The van der Waals surface area contributed by atoms with Crippen molar-refractivity contribution in [1.82, 2.24) is 14.8 Å². The largest absolute Gasteiger partial charge is 0.395 e. The van der Waals surface area contributed by atoms with Gasteiger partial charge in [0.1, 0.15) is 0 Å². The molecule has 3 aromatic rings. The molecule has 24 heavy (non-hydrogen) atoms. The standard InChI is InChI=1S/C19H15N5/c1-12-9-13(2)17(14(3)10-12)24-18(22-23-19(24)21-5)15-7-6-8-16(11-15)20-4/h6-11H,1-3H3. The highest BCUT2D eigenvalue weighted by molar-refractivity contribution is 5.68. The Labute approximate surface area is 140 Å². The Morgan fingerprint density at radius 1 is 0.917 bits per heavy atom. The normalized spacial score (nSPS) is 10.2. The van der Waals surface area contributed by atoms with Gasteiger partial charge in [0.15, 0.2) is 5.69 Å². The summed E-state index contributed by atoms with van der Waals surface area (Å²) in [7, 11) is 0. The lowest BCUT2D eigenvalue weighted by Crippen LogP contribution is -2.03. The first-order valence-electron chi connectivity index (χ1n) is 7.44. The molecule has 0 saturated carbocycles. The summed E-state index contributed by atoms with van der Waals surface area (Å²) in [5.74, 6) is 0.787. The van der Waals surface area contributed by atoms with Crippen molar-refractivity contribution in [1.29, 1.82) is 0 Å². The molecule has 0 bridgehead atoms. The van der Waals surface area contributed by atoms with E-state index in [1.165, 1.54) is 5.56 Å². The summed E-state index contributed by atoms with van der Waals surface area (Å²) in [6.07, 6.45) is 0. The van der Waals surface area contributed by atoms with Crippen LogP contribution in [0.1, 0.15) is 16.7 Å². The summed E-state index contributed by atoms with van der Waals surface area (Å²) in [6.45, 7) is 20.7. The highest BCUT2D eigenvalue weighted by atomic mass is 15.3. The average Bonchev–Trinajstić information content (AvgIpc) is 2.97. The predicted octanol–water partition coefficient (Wildman–Crippen LogP) is 4.96. The van der Waals surface area contributed by atoms with E-state index < -0.39 is 0 Å². The fourth-order valence-corrected chi connectivity index (χ4v) is 2.98. The fraction of sp³-hybridized carbons (Fsp3) is 0.158. The number of rotatable bonds is 2. The minimum absolute atomic E-state index is 0.216. The van der Waals surface area contributed by atoms with E-state index in [1.807, 2.05) is 32.9 Å². The molecule has 0 amide bonds. The fourth-order valence-electron chi connectivity index (χ4n) is 2.98. The lowest BCUT2D eigenvalue weighted by Gasteiger charge is -2.13. The van der Waals surface area contributed by atoms with Gasteiger partial charge in [0.25, 0.3) is 0 Å². The minimum atomic E-state index is 0.216. The minimum Gasteiger partial charge on any atom is -0.395 e. The maximum absolute atomic E-state index is 7.42. The Kier molecular flexibility index (Phi) is 3.85. The van der Waals surface area contributed by atoms with Crippen molar-refractivity contribution in [3.8, 4) is 17.1 Å². The highest BCUT2D eigenvalue weighted by Crippen LogP contribution is 2.32. The molecule has 0 aliphatic rings. The van der Waals surface area contributed by atoms with Crippen molar-refractivity contribution >= 4 is 11.6 Å². The smallest absolute Gasteiger partial charge is 0.367 e. The van der Waals surface area contributed by atoms with Crippen LogP contribution in [0.5, 0.6) is 0 Å². The van der Waals surface area contributed by atoms with Crippen LogP contribution in [0.25, 0.3) is 26.8 Å². The van der Waals surface area contributed by atoms with Crippen LogP contribution in [-0.2, 0) is 0 Å². The second-order valence-electron chi connectivity index (χ2n) is 5.68. The molecule has 0 unspecified atom stereocenters. The van der Waals surface area contributed by atoms with E-state index in [0.29, 0.717) is 11.5 Å². The van der Waals surface area contributed by atoms with E-state index in [9.17, 15) is 0 Å². The third-order valence-corrected chi connectivity index (χ3v) is 3.84. The van der Waals surface area contributed by atoms with Crippen LogP contribution in [0, 0.1) is 33.9 Å². The molecule has 5 nitrogen and oxygen atoms in total. The molecule has 116 valence electrons. The zero-order valence-corrected chi connectivity index (χ0v) is 13.7. The van der Waals surface area contributed by atoms with Gasteiger partial charge in [0, 0.05) is 5.56 Å². The van der Waals surface area contributed by atoms with Crippen molar-refractivity contribution < 1.29 is 0 Å². The van der Waals surface area contributed by atoms with E-state index in [2.05, 4.69) is 32.0 Å². The second kappa shape index (κ2) is 5.98. The molecule has 0 atom stereocenters. The van der Waals surface area contributed by atoms with Crippen LogP contribution < -0.4 is 0 Å². The molecular formula is C19H15N5. The van der Waals surface area contributed by atoms with Gasteiger partial charge in [-0.2, -0.15) is 0 Å². The van der Waals surface area contributed by atoms with Crippen LogP contribution in [0.4, 0.5) is 11.6 Å². The second-order valence-corrected chi connectivity index (χ2v) is 5.68. The summed E-state index contributed by atoms with van der Waals surface area (Å²) in [5.41, 5.74) is 5.50. The Hall–Kier alpha value is -3.44. The molecule has 5 heteroatoms. The quantitative estimate of drug-likeness (QED) is 0.627. The van der Waals surface area contributed by atoms with E-state index in [0.717, 1.165) is 22.4 Å². The van der Waals surface area contributed by atoms with Crippen molar-refractivity contribution in [2.24, 2.45) is 0 Å². The Morgan fingerprint density at radius 2 is 1.62 bits per heavy atom. The van der Waals surface area contributed by atoms with Gasteiger partial charge in [-0.1, -0.05) is 41.0 Å². The maximum atomic E-state index is 7.42. The van der Waals surface area contributed by atoms with Crippen LogP contribution in [0.2, 0.25) is 0 Å². The van der Waals surface area contributed by atoms with Gasteiger partial charge in [-0.25, -0.2) is 9.41 Å². The first-order valence-corrected chi connectivity index (χ1v) is 7.44. The molecule has 0 spiro atoms. The number of hydrogen-bond donors (Lipinski definition) is 0. The molecule has 1 heterocycles. The van der Waals surface area contributed by atoms with E-state index in [4.69, 9.17) is 13.1 Å². The molecule has 0 fully saturated rings. The molecule has 2 aromatic carbocycles. The molecule has 0 N–H and O–H groups in total. The predicted molar refractivity (Wildman–Crippen MR) is 93.5 cm³/mol. The zero-order chi connectivity index (χ0) is 17.3. The number of aryl methyl sites for hydroxylation is 3. The lowest BCUT2D eigenvalue weighted by atomic mass is 10.0. The maximum Gasteiger partial charge on any atom is 0.367 e. The molecule has 0 aliphatic heterocycles. The average molecular weight is 313 g/mol. The first-order chi connectivity index (χ1) is 11.5. The number of hydrogen-bond acceptors (Lipinski definition) is 2. The first kappa shape index (κ1) is 15.5. The van der Waals surface area contributed by atoms with Gasteiger partial charge in [0.2, 0.25) is 5.82 Å². The van der Waals surface area contributed by atoms with Gasteiger partial charge in [0.05, 0.1) is 12.3 Å². The van der Waals surface area contributed by atoms with Crippen LogP contribution >= 0.6 is 0 Å². The topological polar surface area (TPSA) is 39.4 Å². The van der Waals surface area contributed by atoms with Crippen LogP contribution in [-0.4, -0.2) is 14.8 Å². The van der Waals surface area contributed by atoms with Crippen molar-refractivity contribution in [2.45, 2.75) is 20.8 Å². The Morgan fingerprint density at radius 3 is 2.25 bits per heavy atom. The molecule has 0 saturated heterocycles. The van der Waals surface area contributed by atoms with Crippen molar-refractivity contribution in [2.75, 3.05) is 0 Å². The van der Waals surface area contributed by atoms with E-state index in [-0.39, 0.29) is 5.95 Å². The summed E-state index contributed by atoms with van der Waals surface area (Å²) < 4.78 is 1.78. The summed E-state index contributed by atoms with van der Waals surface area (Å²) in [5, 5.41) is 8.24. The zero-order valence-electron chi connectivity index (χ0n) is 13.7. The number of nitrogens with zero attached hydrogens (tertiary/aromatic N) is 5. The van der Waals surface area contributed by atoms with Gasteiger partial charge >= 0.3 is 5.95 Å². The van der Waals surface area contributed by atoms with Gasteiger partial charge in [-0.3, -0.25) is 0 Å². The van der Waals surface area contributed by atoms with Gasteiger partial charge in [-0.05, 0) is 43.1 Å². The summed E-state index contributed by atoms with van der Waals surface area (Å²) >= 11 is 0. The van der Waals surface area contributed by atoms with Crippen molar-refractivity contribution in [3.05, 3.63) is 75.9 Å². The number of benzene rings is 2. The van der Waals surface area contributed by atoms with Gasteiger partial charge < -0.3 is 4.85 Å². The summed E-state index contributed by atoms with van der Waals surface area (Å²) in [6, 6.07) is 11.4.